The second kappa shape index (κ2) is 48.6. The van der Waals surface area contributed by atoms with Crippen LogP contribution in [0.1, 0.15) is 228 Å². The lowest BCUT2D eigenvalue weighted by Crippen LogP contribution is -2.44. The maximum Gasteiger partial charge on any atom is 0.236 e. The fourth-order valence-corrected chi connectivity index (χ4v) is 11.6. The van der Waals surface area contributed by atoms with Crippen LogP contribution in [0.25, 0.3) is 0 Å². The molecule has 502 valence electrons. The Morgan fingerprint density at radius 3 is 1.19 bits per heavy atom. The zero-order valence-electron chi connectivity index (χ0n) is 58.8. The molecule has 17 nitrogen and oxygen atoms in total. The first kappa shape index (κ1) is 88.1. The molecule has 18 heteroatoms. The monoisotopic (exact) mass is 1220 g/mol. The van der Waals surface area contributed by atoms with Crippen LogP contribution in [0, 0.1) is 32.5 Å². The molecule has 0 heterocycles. The Hall–Kier alpha value is -2.34. The van der Waals surface area contributed by atoms with Crippen molar-refractivity contribution in [1.29, 1.82) is 0 Å². The van der Waals surface area contributed by atoms with Crippen molar-refractivity contribution in [1.82, 2.24) is 40.9 Å². The minimum atomic E-state index is -0.180. The van der Waals surface area contributed by atoms with Crippen molar-refractivity contribution in [3.8, 4) is 0 Å². The van der Waals surface area contributed by atoms with E-state index in [1.165, 1.54) is 0 Å². The predicted molar refractivity (Wildman–Crippen MR) is 365 cm³/mol. The third-order valence-corrected chi connectivity index (χ3v) is 16.9. The van der Waals surface area contributed by atoms with E-state index in [-0.39, 0.29) is 67.8 Å². The summed E-state index contributed by atoms with van der Waals surface area (Å²) < 4.78 is 0. The lowest BCUT2D eigenvalue weighted by Gasteiger charge is -2.48. The molecule has 0 aliphatic rings. The van der Waals surface area contributed by atoms with Crippen LogP contribution in [0.2, 0.25) is 0 Å². The molecule has 0 saturated carbocycles. The molecule has 0 saturated heterocycles. The van der Waals surface area contributed by atoms with Gasteiger partial charge in [0.1, 0.15) is 6.29 Å². The number of hydrogen-bond acceptors (Lipinski definition) is 13. The normalized spacial score (nSPS) is 12.4. The van der Waals surface area contributed by atoms with Crippen LogP contribution in [-0.4, -0.2) is 186 Å². The molecule has 0 aliphatic carbocycles. The molecule has 0 aromatic rings. The number of nitrogens with one attached hydrogen (secondary N) is 4. The Morgan fingerprint density at radius 2 is 0.786 bits per heavy atom. The number of aldehydes is 1. The summed E-state index contributed by atoms with van der Waals surface area (Å²) in [4.78, 5) is 72.2. The van der Waals surface area contributed by atoms with Gasteiger partial charge in [-0.05, 0) is 187 Å². The van der Waals surface area contributed by atoms with Crippen LogP contribution >= 0.6 is 9.24 Å². The number of rotatable bonds is 48. The standard InChI is InChI=1S/C54H112N9O4P.C8H19N3O.2C2H6/c1-17-50(6,7)51(8,9)41-48(2,3)37-44(64)58-28-18-19-35-63(36-24-30-59-45(65)38-49(4,5)42-52(10,11)53(12,13)43-54(14,15)68)47(67)40-62(33-22-27-57-16)34-23-29-60-46(66)39-61(31-20-25-55)32-21-26-56;9-3-1-5-11(7-8-12)6-2-4-10;2*1-2/h57H,17-43,55-56,68H2,1-16H3,(H,58,64)(H,59,65)(H,60,66);8H,1-7,9-10H2;2*1-2H3. The fraction of sp³-hybridized carbons (Fsp3) is 0.924. The van der Waals surface area contributed by atoms with Gasteiger partial charge in [0.05, 0.1) is 19.6 Å². The second-order valence-corrected chi connectivity index (χ2v) is 29.5. The number of unbranched alkanes of at least 4 members (excludes halogenated alkanes) is 1. The van der Waals surface area contributed by atoms with Gasteiger partial charge >= 0.3 is 0 Å². The van der Waals surface area contributed by atoms with Crippen molar-refractivity contribution in [2.45, 2.75) is 233 Å². The fourth-order valence-electron chi connectivity index (χ4n) is 11.1. The first-order valence-electron chi connectivity index (χ1n) is 33.1. The first-order valence-corrected chi connectivity index (χ1v) is 33.6. The van der Waals surface area contributed by atoms with Gasteiger partial charge in [-0.1, -0.05) is 138 Å². The lowest BCUT2D eigenvalue weighted by atomic mass is 9.58. The minimum absolute atomic E-state index is 0.0123. The van der Waals surface area contributed by atoms with E-state index in [4.69, 9.17) is 22.9 Å². The van der Waals surface area contributed by atoms with Crippen LogP contribution in [0.15, 0.2) is 0 Å². The molecule has 0 aliphatic heterocycles. The quantitative estimate of drug-likeness (QED) is 0.0161. The Morgan fingerprint density at radius 1 is 0.440 bits per heavy atom. The van der Waals surface area contributed by atoms with Crippen LogP contribution < -0.4 is 44.2 Å². The predicted octanol–water partition coefficient (Wildman–Crippen LogP) is 9.04. The van der Waals surface area contributed by atoms with Crippen molar-refractivity contribution < 1.29 is 24.0 Å². The second-order valence-electron chi connectivity index (χ2n) is 28.0. The van der Waals surface area contributed by atoms with Crippen LogP contribution in [0.3, 0.4) is 0 Å². The average Bonchev–Trinajstić information content (AvgIpc) is 3.61. The lowest BCUT2D eigenvalue weighted by molar-refractivity contribution is -0.133. The molecule has 4 amide bonds. The summed E-state index contributed by atoms with van der Waals surface area (Å²) in [5, 5.41) is 12.8. The summed E-state index contributed by atoms with van der Waals surface area (Å²) in [7, 11) is 4.93. The number of amides is 4. The molecule has 0 fully saturated rings. The zero-order chi connectivity index (χ0) is 65.7. The molecule has 0 spiro atoms. The van der Waals surface area contributed by atoms with Crippen LogP contribution in [0.4, 0.5) is 0 Å². The van der Waals surface area contributed by atoms with Gasteiger partial charge in [-0.15, -0.1) is 9.24 Å². The molecule has 0 bridgehead atoms. The topological polar surface area (TPSA) is 251 Å². The molecule has 0 aromatic carbocycles. The molecule has 1 atom stereocenters. The van der Waals surface area contributed by atoms with E-state index in [1.807, 2.05) is 39.6 Å². The van der Waals surface area contributed by atoms with Crippen molar-refractivity contribution in [3.05, 3.63) is 0 Å². The molecule has 84 heavy (non-hydrogen) atoms. The van der Waals surface area contributed by atoms with Gasteiger partial charge in [-0.3, -0.25) is 33.9 Å². The van der Waals surface area contributed by atoms with E-state index in [1.54, 1.807) is 0 Å². The molecular formula is C66H143N12O5P. The molecular weight excluding hydrogens is 1070 g/mol. The van der Waals surface area contributed by atoms with E-state index in [0.29, 0.717) is 97.8 Å². The summed E-state index contributed by atoms with van der Waals surface area (Å²) in [5.41, 5.74) is 22.3. The Balaban J connectivity index is -0.00000175. The Kier molecular flexibility index (Phi) is 50.9. The molecule has 0 radical (unpaired) electrons. The molecule has 0 rings (SSSR count). The van der Waals surface area contributed by atoms with Gasteiger partial charge in [0.15, 0.2) is 0 Å². The van der Waals surface area contributed by atoms with E-state index in [2.05, 4.69) is 149 Å². The summed E-state index contributed by atoms with van der Waals surface area (Å²) in [6.07, 6.45) is 13.2. The summed E-state index contributed by atoms with van der Waals surface area (Å²) in [5.74, 6) is 0.170. The average molecular weight is 1220 g/mol. The highest BCUT2D eigenvalue weighted by atomic mass is 31.0. The molecule has 1 unspecified atom stereocenters. The van der Waals surface area contributed by atoms with Gasteiger partial charge in [0.2, 0.25) is 23.6 Å². The SMILES string of the molecule is CC.CC.CCC(C)(C)C(C)(C)CC(C)(C)CC(=O)NCCCCN(CCCNC(=O)CC(C)(C)CC(C)(C)C(C)(C)CC(C)(C)P)C(=O)CN(CCCNC)CCCNC(=O)CN(CCCN)CCCN.NCCCN(CC=O)CCCN. The number of carbonyl (C=O) groups is 5. The highest BCUT2D eigenvalue weighted by molar-refractivity contribution is 7.18. The highest BCUT2D eigenvalue weighted by Crippen LogP contribution is 2.52. The summed E-state index contributed by atoms with van der Waals surface area (Å²) in [6.45, 7) is 54.2. The van der Waals surface area contributed by atoms with Gasteiger partial charge in [0.25, 0.3) is 0 Å². The maximum atomic E-state index is 14.2. The minimum Gasteiger partial charge on any atom is -0.356 e. The number of nitrogens with zero attached hydrogens (tertiary/aromatic N) is 4. The first-order chi connectivity index (χ1) is 39.1. The number of nitrogens with two attached hydrogens (primary N) is 4. The van der Waals surface area contributed by atoms with Gasteiger partial charge in [-0.2, -0.15) is 0 Å². The number of carbonyl (C=O) groups excluding carboxylic acids is 5. The van der Waals surface area contributed by atoms with E-state index < -0.39 is 0 Å². The van der Waals surface area contributed by atoms with Crippen LogP contribution in [0.5, 0.6) is 0 Å². The Labute approximate surface area is 521 Å². The van der Waals surface area contributed by atoms with Crippen molar-refractivity contribution in [2.75, 3.05) is 131 Å². The van der Waals surface area contributed by atoms with Crippen molar-refractivity contribution in [3.63, 3.8) is 0 Å². The molecule has 0 aromatic heterocycles. The maximum absolute atomic E-state index is 14.2. The third-order valence-electron chi connectivity index (χ3n) is 16.7. The summed E-state index contributed by atoms with van der Waals surface area (Å²) >= 11 is 0. The van der Waals surface area contributed by atoms with E-state index >= 15 is 0 Å². The largest absolute Gasteiger partial charge is 0.356 e. The van der Waals surface area contributed by atoms with Crippen LogP contribution in [-0.2, 0) is 24.0 Å². The zero-order valence-corrected chi connectivity index (χ0v) is 60.0. The van der Waals surface area contributed by atoms with Gasteiger partial charge < -0.3 is 53.9 Å². The molecule has 12 N–H and O–H groups in total. The van der Waals surface area contributed by atoms with E-state index in [0.717, 1.165) is 123 Å². The third kappa shape index (κ3) is 45.0. The van der Waals surface area contributed by atoms with E-state index in [9.17, 15) is 24.0 Å². The van der Waals surface area contributed by atoms with Crippen molar-refractivity contribution >= 4 is 39.2 Å². The highest BCUT2D eigenvalue weighted by Gasteiger charge is 2.43. The summed E-state index contributed by atoms with van der Waals surface area (Å²) in [6, 6.07) is 0. The van der Waals surface area contributed by atoms with Gasteiger partial charge in [-0.25, -0.2) is 0 Å². The van der Waals surface area contributed by atoms with Gasteiger partial charge in [0, 0.05) is 52.1 Å². The number of hydrogen-bond donors (Lipinski definition) is 8. The smallest absolute Gasteiger partial charge is 0.236 e. The van der Waals surface area contributed by atoms with Crippen molar-refractivity contribution in [2.24, 2.45) is 55.4 Å². The Bertz CT molecular complexity index is 1660.